The summed E-state index contributed by atoms with van der Waals surface area (Å²) < 4.78 is 34.0. The molecule has 0 radical (unpaired) electrons. The highest BCUT2D eigenvalue weighted by Gasteiger charge is 2.10. The van der Waals surface area contributed by atoms with Gasteiger partial charge in [0.25, 0.3) is 0 Å². The molecular weight excluding hydrogens is 392 g/mol. The number of amides is 1. The van der Waals surface area contributed by atoms with Crippen LogP contribution in [0.3, 0.4) is 0 Å². The Kier molecular flexibility index (Phi) is 7.51. The molecule has 1 N–H and O–H groups in total. The zero-order chi connectivity index (χ0) is 21.3. The molecule has 6 nitrogen and oxygen atoms in total. The van der Waals surface area contributed by atoms with E-state index < -0.39 is 6.61 Å². The summed E-state index contributed by atoms with van der Waals surface area (Å²) in [5.41, 5.74) is 2.34. The van der Waals surface area contributed by atoms with Crippen molar-refractivity contribution in [1.29, 1.82) is 0 Å². The molecule has 2 aromatic carbocycles. The van der Waals surface area contributed by atoms with E-state index in [9.17, 15) is 13.6 Å². The average molecular weight is 415 g/mol. The fraction of sp³-hybridized carbons (Fsp3) is 0.273. The number of aromatic nitrogens is 1. The Morgan fingerprint density at radius 2 is 1.90 bits per heavy atom. The Balaban J connectivity index is 1.39. The summed E-state index contributed by atoms with van der Waals surface area (Å²) in [4.78, 5) is 14.0. The maximum atomic E-state index is 12.2. The van der Waals surface area contributed by atoms with Gasteiger partial charge in [-0.25, -0.2) is 0 Å². The number of ether oxygens (including phenoxy) is 1. The van der Waals surface area contributed by atoms with Crippen LogP contribution in [0.2, 0.25) is 0 Å². The number of hydrogen-bond acceptors (Lipinski definition) is 5. The van der Waals surface area contributed by atoms with Gasteiger partial charge in [-0.3, -0.25) is 9.69 Å². The number of likely N-dealkylation sites (N-methyl/N-ethyl adjacent to an activating group) is 1. The smallest absolute Gasteiger partial charge is 0.387 e. The van der Waals surface area contributed by atoms with Crippen molar-refractivity contribution in [2.24, 2.45) is 0 Å². The Bertz CT molecular complexity index is 930. The summed E-state index contributed by atoms with van der Waals surface area (Å²) in [5, 5.41) is 6.83. The van der Waals surface area contributed by atoms with E-state index in [1.165, 1.54) is 24.3 Å². The van der Waals surface area contributed by atoms with Crippen LogP contribution in [0.1, 0.15) is 12.2 Å². The highest BCUT2D eigenvalue weighted by molar-refractivity contribution is 5.92. The molecule has 3 rings (SSSR count). The number of nitrogens with zero attached hydrogens (tertiary/aromatic N) is 2. The minimum absolute atomic E-state index is 0.0444. The molecule has 0 aliphatic carbocycles. The molecule has 0 spiro atoms. The van der Waals surface area contributed by atoms with Crippen LogP contribution in [-0.4, -0.2) is 42.7 Å². The SMILES string of the molecule is CN(CCCc1cc(-c2ccccc2)no1)CC(=O)Nc1ccc(OC(F)F)cc1. The molecule has 0 unspecified atom stereocenters. The lowest BCUT2D eigenvalue weighted by molar-refractivity contribution is -0.117. The lowest BCUT2D eigenvalue weighted by Gasteiger charge is -2.16. The fourth-order valence-electron chi connectivity index (χ4n) is 2.94. The monoisotopic (exact) mass is 415 g/mol. The van der Waals surface area contributed by atoms with E-state index in [1.807, 2.05) is 48.3 Å². The largest absolute Gasteiger partial charge is 0.435 e. The molecule has 1 amide bonds. The molecule has 3 aromatic rings. The standard InChI is InChI=1S/C22H23F2N3O3/c1-27(15-21(28)25-17-9-11-18(12-10-17)29-22(23)24)13-5-8-19-14-20(26-30-19)16-6-3-2-4-7-16/h2-4,6-7,9-12,14,22H,5,8,13,15H2,1H3,(H,25,28). The van der Waals surface area contributed by atoms with Crippen LogP contribution in [0.25, 0.3) is 11.3 Å². The van der Waals surface area contributed by atoms with Gasteiger partial charge in [-0.2, -0.15) is 8.78 Å². The third kappa shape index (κ3) is 6.66. The first-order valence-electron chi connectivity index (χ1n) is 9.54. The number of nitrogens with one attached hydrogen (secondary N) is 1. The van der Waals surface area contributed by atoms with E-state index in [1.54, 1.807) is 0 Å². The quantitative estimate of drug-likeness (QED) is 0.530. The summed E-state index contributed by atoms with van der Waals surface area (Å²) in [7, 11) is 1.86. The van der Waals surface area contributed by atoms with E-state index in [4.69, 9.17) is 4.52 Å². The highest BCUT2D eigenvalue weighted by atomic mass is 19.3. The zero-order valence-electron chi connectivity index (χ0n) is 16.6. The van der Waals surface area contributed by atoms with E-state index in [2.05, 4.69) is 15.2 Å². The van der Waals surface area contributed by atoms with Gasteiger partial charge in [0.1, 0.15) is 17.2 Å². The average Bonchev–Trinajstić information content (AvgIpc) is 3.18. The lowest BCUT2D eigenvalue weighted by Crippen LogP contribution is -2.31. The van der Waals surface area contributed by atoms with Crippen LogP contribution in [0, 0.1) is 0 Å². The predicted molar refractivity (Wildman–Crippen MR) is 109 cm³/mol. The second kappa shape index (κ2) is 10.5. The first-order valence-corrected chi connectivity index (χ1v) is 9.54. The molecule has 0 saturated carbocycles. The molecule has 1 aromatic heterocycles. The number of carbonyl (C=O) groups is 1. The molecule has 1 heterocycles. The Morgan fingerprint density at radius 1 is 1.17 bits per heavy atom. The number of carbonyl (C=O) groups excluding carboxylic acids is 1. The van der Waals surface area contributed by atoms with Gasteiger partial charge in [-0.1, -0.05) is 35.5 Å². The van der Waals surface area contributed by atoms with Crippen molar-refractivity contribution in [3.8, 4) is 17.0 Å². The zero-order valence-corrected chi connectivity index (χ0v) is 16.6. The molecule has 0 atom stereocenters. The van der Waals surface area contributed by atoms with Gasteiger partial charge in [-0.15, -0.1) is 0 Å². The van der Waals surface area contributed by atoms with Crippen molar-refractivity contribution >= 4 is 11.6 Å². The van der Waals surface area contributed by atoms with Crippen LogP contribution in [0.5, 0.6) is 5.75 Å². The topological polar surface area (TPSA) is 67.6 Å². The van der Waals surface area contributed by atoms with Crippen LogP contribution < -0.4 is 10.1 Å². The predicted octanol–water partition coefficient (Wildman–Crippen LogP) is 4.45. The van der Waals surface area contributed by atoms with E-state index in [0.717, 1.165) is 29.9 Å². The van der Waals surface area contributed by atoms with E-state index >= 15 is 0 Å². The molecule has 0 aliphatic rings. The van der Waals surface area contributed by atoms with Crippen molar-refractivity contribution in [2.75, 3.05) is 25.5 Å². The second-order valence-electron chi connectivity index (χ2n) is 6.84. The minimum atomic E-state index is -2.87. The van der Waals surface area contributed by atoms with E-state index in [-0.39, 0.29) is 18.2 Å². The summed E-state index contributed by atoms with van der Waals surface area (Å²) >= 11 is 0. The Morgan fingerprint density at radius 3 is 2.60 bits per heavy atom. The number of benzene rings is 2. The number of aryl methyl sites for hydroxylation is 1. The summed E-state index contributed by atoms with van der Waals surface area (Å²) in [6.45, 7) is -1.96. The van der Waals surface area contributed by atoms with Gasteiger partial charge in [0.05, 0.1) is 6.54 Å². The number of anilines is 1. The summed E-state index contributed by atoms with van der Waals surface area (Å²) in [6, 6.07) is 17.6. The molecule has 0 aliphatic heterocycles. The number of alkyl halides is 2. The van der Waals surface area contributed by atoms with Crippen molar-refractivity contribution in [3.63, 3.8) is 0 Å². The first kappa shape index (κ1) is 21.4. The Hall–Kier alpha value is -3.26. The molecule has 0 bridgehead atoms. The number of rotatable bonds is 10. The van der Waals surface area contributed by atoms with Gasteiger partial charge in [0, 0.05) is 23.7 Å². The maximum absolute atomic E-state index is 12.2. The number of halogens is 2. The lowest BCUT2D eigenvalue weighted by atomic mass is 10.1. The van der Waals surface area contributed by atoms with Crippen molar-refractivity contribution in [1.82, 2.24) is 10.1 Å². The van der Waals surface area contributed by atoms with Crippen molar-refractivity contribution in [2.45, 2.75) is 19.5 Å². The van der Waals surface area contributed by atoms with Crippen LogP contribution in [0.15, 0.2) is 65.2 Å². The molecule has 158 valence electrons. The Labute approximate surface area is 173 Å². The van der Waals surface area contributed by atoms with Crippen LogP contribution in [0.4, 0.5) is 14.5 Å². The van der Waals surface area contributed by atoms with Gasteiger partial charge in [0.15, 0.2) is 0 Å². The van der Waals surface area contributed by atoms with Gasteiger partial charge in [-0.05, 0) is 44.3 Å². The molecule has 0 fully saturated rings. The van der Waals surface area contributed by atoms with Gasteiger partial charge >= 0.3 is 6.61 Å². The summed E-state index contributed by atoms with van der Waals surface area (Å²) in [5.74, 6) is 0.659. The fourth-order valence-corrected chi connectivity index (χ4v) is 2.94. The van der Waals surface area contributed by atoms with E-state index in [0.29, 0.717) is 12.2 Å². The minimum Gasteiger partial charge on any atom is -0.435 e. The third-order valence-electron chi connectivity index (χ3n) is 4.37. The normalized spacial score (nSPS) is 11.1. The second-order valence-corrected chi connectivity index (χ2v) is 6.84. The van der Waals surface area contributed by atoms with Crippen molar-refractivity contribution in [3.05, 3.63) is 66.4 Å². The summed E-state index contributed by atoms with van der Waals surface area (Å²) in [6.07, 6.45) is 1.53. The molecule has 8 heteroatoms. The first-order chi connectivity index (χ1) is 14.5. The van der Waals surface area contributed by atoms with Crippen LogP contribution >= 0.6 is 0 Å². The van der Waals surface area contributed by atoms with Crippen LogP contribution in [-0.2, 0) is 11.2 Å². The van der Waals surface area contributed by atoms with Gasteiger partial charge < -0.3 is 14.6 Å². The molecular formula is C22H23F2N3O3. The highest BCUT2D eigenvalue weighted by Crippen LogP contribution is 2.19. The molecule has 0 saturated heterocycles. The van der Waals surface area contributed by atoms with Crippen molar-refractivity contribution < 1.29 is 22.8 Å². The third-order valence-corrected chi connectivity index (χ3v) is 4.37. The van der Waals surface area contributed by atoms with Gasteiger partial charge in [0.2, 0.25) is 5.91 Å². The molecule has 30 heavy (non-hydrogen) atoms. The number of hydrogen-bond donors (Lipinski definition) is 1. The maximum Gasteiger partial charge on any atom is 0.387 e.